The Bertz CT molecular complexity index is 1170. The fourth-order valence-electron chi connectivity index (χ4n) is 2.61. The van der Waals surface area contributed by atoms with Gasteiger partial charge in [0, 0.05) is 28.2 Å². The van der Waals surface area contributed by atoms with E-state index in [-0.39, 0.29) is 23.7 Å². The molecule has 13 heteroatoms. The Morgan fingerprint density at radius 1 is 0.939 bits per heavy atom. The molecular formula is C20H27FN4O6S2. The summed E-state index contributed by atoms with van der Waals surface area (Å²) in [6.07, 6.45) is 0. The van der Waals surface area contributed by atoms with Crippen LogP contribution < -0.4 is 14.4 Å². The second-order valence-corrected chi connectivity index (χ2v) is 11.4. The highest BCUT2D eigenvalue weighted by Gasteiger charge is 2.29. The number of sulfonamides is 1. The molecule has 1 N–H and O–H groups in total. The monoisotopic (exact) mass is 502 g/mol. The van der Waals surface area contributed by atoms with Crippen LogP contribution in [0, 0.1) is 5.82 Å². The Morgan fingerprint density at radius 2 is 1.55 bits per heavy atom. The SMILES string of the molecule is CN(C)S(=O)(=O)c1ccc(OCCNC(=O)CN(c2ccccc2F)S(=O)(=O)N(C)C)cc1. The molecule has 0 saturated carbocycles. The first-order valence-corrected chi connectivity index (χ1v) is 12.6. The van der Waals surface area contributed by atoms with Crippen LogP contribution in [-0.4, -0.2) is 79.2 Å². The Balaban J connectivity index is 1.96. The summed E-state index contributed by atoms with van der Waals surface area (Å²) in [6, 6.07) is 11.0. The van der Waals surface area contributed by atoms with E-state index in [0.29, 0.717) is 10.1 Å². The summed E-state index contributed by atoms with van der Waals surface area (Å²) in [7, 11) is -2.25. The molecule has 182 valence electrons. The van der Waals surface area contributed by atoms with Gasteiger partial charge in [-0.2, -0.15) is 12.7 Å². The summed E-state index contributed by atoms with van der Waals surface area (Å²) >= 11 is 0. The minimum absolute atomic E-state index is 0.0453. The second kappa shape index (κ2) is 10.9. The number of halogens is 1. The third kappa shape index (κ3) is 6.63. The van der Waals surface area contributed by atoms with Crippen LogP contribution in [0.2, 0.25) is 0 Å². The van der Waals surface area contributed by atoms with Crippen LogP contribution in [0.25, 0.3) is 0 Å². The Labute approximate surface area is 193 Å². The van der Waals surface area contributed by atoms with Crippen molar-refractivity contribution in [3.05, 3.63) is 54.3 Å². The maximum Gasteiger partial charge on any atom is 0.304 e. The highest BCUT2D eigenvalue weighted by molar-refractivity contribution is 7.90. The van der Waals surface area contributed by atoms with Crippen molar-refractivity contribution in [3.8, 4) is 5.75 Å². The highest BCUT2D eigenvalue weighted by Crippen LogP contribution is 2.22. The Kier molecular flexibility index (Phi) is 8.77. The molecule has 0 fully saturated rings. The first-order chi connectivity index (χ1) is 15.4. The minimum atomic E-state index is -4.12. The number of nitrogens with one attached hydrogen (secondary N) is 1. The number of benzene rings is 2. The van der Waals surface area contributed by atoms with E-state index in [1.54, 1.807) is 0 Å². The first kappa shape index (κ1) is 26.5. The smallest absolute Gasteiger partial charge is 0.304 e. The normalized spacial score (nSPS) is 12.1. The van der Waals surface area contributed by atoms with Gasteiger partial charge in [0.1, 0.15) is 24.7 Å². The van der Waals surface area contributed by atoms with E-state index in [9.17, 15) is 26.0 Å². The zero-order valence-electron chi connectivity index (χ0n) is 18.7. The first-order valence-electron chi connectivity index (χ1n) is 9.74. The number of ether oxygens (including phenoxy) is 1. The molecule has 2 aromatic rings. The molecule has 0 heterocycles. The van der Waals surface area contributed by atoms with Gasteiger partial charge < -0.3 is 10.1 Å². The average Bonchev–Trinajstić information content (AvgIpc) is 2.75. The van der Waals surface area contributed by atoms with E-state index in [2.05, 4.69) is 5.32 Å². The van der Waals surface area contributed by atoms with Gasteiger partial charge in [0.15, 0.2) is 0 Å². The van der Waals surface area contributed by atoms with E-state index < -0.39 is 38.5 Å². The maximum atomic E-state index is 14.2. The molecular weight excluding hydrogens is 475 g/mol. The molecule has 0 atom stereocenters. The lowest BCUT2D eigenvalue weighted by Gasteiger charge is -2.27. The fourth-order valence-corrected chi connectivity index (χ4v) is 4.58. The lowest BCUT2D eigenvalue weighted by atomic mass is 10.3. The number of carbonyl (C=O) groups is 1. The summed E-state index contributed by atoms with van der Waals surface area (Å²) < 4.78 is 71.7. The van der Waals surface area contributed by atoms with Gasteiger partial charge in [-0.1, -0.05) is 12.1 Å². The number of amides is 1. The largest absolute Gasteiger partial charge is 0.492 e. The average molecular weight is 503 g/mol. The maximum absolute atomic E-state index is 14.2. The van der Waals surface area contributed by atoms with Gasteiger partial charge in [0.05, 0.1) is 17.1 Å². The number of hydrogen-bond donors (Lipinski definition) is 1. The fraction of sp³-hybridized carbons (Fsp3) is 0.350. The van der Waals surface area contributed by atoms with Crippen LogP contribution >= 0.6 is 0 Å². The Morgan fingerprint density at radius 3 is 2.09 bits per heavy atom. The van der Waals surface area contributed by atoms with Gasteiger partial charge in [-0.3, -0.25) is 4.79 Å². The third-order valence-corrected chi connectivity index (χ3v) is 8.08. The van der Waals surface area contributed by atoms with Crippen molar-refractivity contribution in [2.45, 2.75) is 4.90 Å². The van der Waals surface area contributed by atoms with E-state index in [1.165, 1.54) is 70.7 Å². The van der Waals surface area contributed by atoms with E-state index in [1.807, 2.05) is 0 Å². The third-order valence-electron chi connectivity index (χ3n) is 4.44. The van der Waals surface area contributed by atoms with Gasteiger partial charge in [-0.05, 0) is 36.4 Å². The van der Waals surface area contributed by atoms with Crippen molar-refractivity contribution in [1.29, 1.82) is 0 Å². The van der Waals surface area contributed by atoms with Crippen LogP contribution in [0.4, 0.5) is 10.1 Å². The highest BCUT2D eigenvalue weighted by atomic mass is 32.2. The molecule has 10 nitrogen and oxygen atoms in total. The predicted octanol–water partition coefficient (Wildman–Crippen LogP) is 0.884. The van der Waals surface area contributed by atoms with Crippen molar-refractivity contribution >= 4 is 31.8 Å². The van der Waals surface area contributed by atoms with Crippen molar-refractivity contribution in [3.63, 3.8) is 0 Å². The van der Waals surface area contributed by atoms with E-state index in [0.717, 1.165) is 14.7 Å². The molecule has 0 aliphatic heterocycles. The lowest BCUT2D eigenvalue weighted by Crippen LogP contribution is -2.46. The van der Waals surface area contributed by atoms with Crippen molar-refractivity contribution in [1.82, 2.24) is 13.9 Å². The molecule has 33 heavy (non-hydrogen) atoms. The summed E-state index contributed by atoms with van der Waals surface area (Å²) in [6.45, 7) is -0.534. The van der Waals surface area contributed by atoms with Crippen molar-refractivity contribution < 1.29 is 30.8 Å². The van der Waals surface area contributed by atoms with Crippen LogP contribution in [0.1, 0.15) is 0 Å². The number of anilines is 1. The number of carbonyl (C=O) groups excluding carboxylic acids is 1. The van der Waals surface area contributed by atoms with Crippen LogP contribution in [0.15, 0.2) is 53.4 Å². The molecule has 1 amide bonds. The molecule has 0 bridgehead atoms. The summed E-state index contributed by atoms with van der Waals surface area (Å²) in [4.78, 5) is 12.5. The van der Waals surface area contributed by atoms with Crippen LogP contribution in [0.5, 0.6) is 5.75 Å². The molecule has 0 unspecified atom stereocenters. The van der Waals surface area contributed by atoms with Gasteiger partial charge in [-0.25, -0.2) is 21.4 Å². The van der Waals surface area contributed by atoms with Gasteiger partial charge in [0.25, 0.3) is 0 Å². The zero-order chi connectivity index (χ0) is 24.8. The van der Waals surface area contributed by atoms with E-state index in [4.69, 9.17) is 4.74 Å². The number of para-hydroxylation sites is 1. The van der Waals surface area contributed by atoms with E-state index >= 15 is 0 Å². The molecule has 2 rings (SSSR count). The summed E-state index contributed by atoms with van der Waals surface area (Å²) in [5.74, 6) is -1.04. The molecule has 2 aromatic carbocycles. The van der Waals surface area contributed by atoms with Gasteiger partial charge >= 0.3 is 10.2 Å². The van der Waals surface area contributed by atoms with Gasteiger partial charge in [-0.15, -0.1) is 0 Å². The molecule has 0 aliphatic rings. The van der Waals surface area contributed by atoms with Crippen LogP contribution in [0.3, 0.4) is 0 Å². The Hall–Kier alpha value is -2.74. The molecule has 0 radical (unpaired) electrons. The number of nitrogens with zero attached hydrogens (tertiary/aromatic N) is 3. The predicted molar refractivity (Wildman–Crippen MR) is 122 cm³/mol. The lowest BCUT2D eigenvalue weighted by molar-refractivity contribution is -0.119. The molecule has 0 aromatic heterocycles. The zero-order valence-corrected chi connectivity index (χ0v) is 20.4. The molecule has 0 spiro atoms. The topological polar surface area (TPSA) is 116 Å². The van der Waals surface area contributed by atoms with Crippen molar-refractivity contribution in [2.24, 2.45) is 0 Å². The second-order valence-electron chi connectivity index (χ2n) is 7.21. The quantitative estimate of drug-likeness (QED) is 0.456. The number of hydrogen-bond acceptors (Lipinski definition) is 6. The standard InChI is InChI=1S/C20H27FN4O6S2/c1-23(2)32(27,28)17-11-9-16(10-12-17)31-14-13-22-20(26)15-25(33(29,30)24(3)4)19-8-6-5-7-18(19)21/h5-12H,13-15H2,1-4H3,(H,22,26). The number of rotatable bonds is 11. The van der Waals surface area contributed by atoms with Crippen molar-refractivity contribution in [2.75, 3.05) is 52.2 Å². The van der Waals surface area contributed by atoms with Crippen LogP contribution in [-0.2, 0) is 25.0 Å². The van der Waals surface area contributed by atoms with Gasteiger partial charge in [0.2, 0.25) is 15.9 Å². The molecule has 0 saturated heterocycles. The summed E-state index contributed by atoms with van der Waals surface area (Å²) in [5, 5.41) is 2.52. The minimum Gasteiger partial charge on any atom is -0.492 e. The summed E-state index contributed by atoms with van der Waals surface area (Å²) in [5.41, 5.74) is -0.245. The molecule has 0 aliphatic carbocycles.